The van der Waals surface area contributed by atoms with Gasteiger partial charge in [-0.1, -0.05) is 0 Å². The minimum atomic E-state index is 0.0468. The van der Waals surface area contributed by atoms with E-state index in [9.17, 15) is 4.79 Å². The number of hydrogen-bond donors (Lipinski definition) is 2. The number of carbonyl (C=O) groups excluding carboxylic acids is 1. The molecule has 1 rings (SSSR count). The minimum Gasteiger partial charge on any atom is -0.395 e. The number of hydrogen-bond acceptors (Lipinski definition) is 3. The highest BCUT2D eigenvalue weighted by molar-refractivity contribution is 5.76. The molecule has 1 heterocycles. The Balaban J connectivity index is 2.16. The molecule has 0 aromatic carbocycles. The van der Waals surface area contributed by atoms with Crippen LogP contribution in [0.1, 0.15) is 6.42 Å². The maximum absolute atomic E-state index is 11.3. The van der Waals surface area contributed by atoms with Gasteiger partial charge in [0.1, 0.15) is 0 Å². The first kappa shape index (κ1) is 9.48. The summed E-state index contributed by atoms with van der Waals surface area (Å²) in [4.78, 5) is 12.9. The number of aliphatic hydroxyl groups excluding tert-OH is 1. The summed E-state index contributed by atoms with van der Waals surface area (Å²) < 4.78 is 0. The molecule has 1 fully saturated rings. The summed E-state index contributed by atoms with van der Waals surface area (Å²) in [6.45, 7) is 2.40. The minimum absolute atomic E-state index is 0.0468. The third-order valence-corrected chi connectivity index (χ3v) is 2.19. The van der Waals surface area contributed by atoms with Gasteiger partial charge in [-0.05, 0) is 19.0 Å². The molecule has 1 aliphatic rings. The molecular formula is C8H16N2O2. The molecule has 1 amide bonds. The van der Waals surface area contributed by atoms with Gasteiger partial charge in [-0.25, -0.2) is 0 Å². The van der Waals surface area contributed by atoms with Crippen LogP contribution in [0.25, 0.3) is 0 Å². The normalized spacial score (nSPS) is 17.2. The number of carbonyl (C=O) groups is 1. The van der Waals surface area contributed by atoms with Crippen molar-refractivity contribution in [1.82, 2.24) is 10.2 Å². The average molecular weight is 172 g/mol. The fraction of sp³-hybridized carbons (Fsp3) is 0.875. The Morgan fingerprint density at radius 1 is 1.67 bits per heavy atom. The first-order valence-electron chi connectivity index (χ1n) is 4.29. The molecule has 2 N–H and O–H groups in total. The fourth-order valence-electron chi connectivity index (χ4n) is 1.17. The van der Waals surface area contributed by atoms with Crippen molar-refractivity contribution >= 4 is 5.91 Å². The molecule has 1 saturated heterocycles. The first-order valence-corrected chi connectivity index (χ1v) is 4.29. The van der Waals surface area contributed by atoms with Crippen LogP contribution in [-0.2, 0) is 4.79 Å². The molecule has 1 aliphatic heterocycles. The molecule has 0 aromatic heterocycles. The number of nitrogens with one attached hydrogen (secondary N) is 1. The lowest BCUT2D eigenvalue weighted by Crippen LogP contribution is -2.45. The molecule has 4 heteroatoms. The number of aliphatic hydroxyl groups is 1. The van der Waals surface area contributed by atoms with Crippen LogP contribution in [-0.4, -0.2) is 49.2 Å². The van der Waals surface area contributed by atoms with E-state index >= 15 is 0 Å². The van der Waals surface area contributed by atoms with E-state index in [1.54, 1.807) is 11.9 Å². The van der Waals surface area contributed by atoms with Crippen molar-refractivity contribution in [2.45, 2.75) is 6.42 Å². The van der Waals surface area contributed by atoms with Crippen LogP contribution >= 0.6 is 0 Å². The van der Waals surface area contributed by atoms with Gasteiger partial charge in [0.2, 0.25) is 5.91 Å². The maximum atomic E-state index is 11.3. The molecule has 0 bridgehead atoms. The lowest BCUT2D eigenvalue weighted by Gasteiger charge is -2.28. The molecule has 12 heavy (non-hydrogen) atoms. The van der Waals surface area contributed by atoms with Crippen molar-refractivity contribution < 1.29 is 9.90 Å². The van der Waals surface area contributed by atoms with Gasteiger partial charge in [0.15, 0.2) is 0 Å². The third-order valence-electron chi connectivity index (χ3n) is 2.19. The monoisotopic (exact) mass is 172 g/mol. The lowest BCUT2D eigenvalue weighted by molar-refractivity contribution is -0.131. The molecule has 4 nitrogen and oxygen atoms in total. The van der Waals surface area contributed by atoms with Crippen LogP contribution in [0.5, 0.6) is 0 Å². The zero-order chi connectivity index (χ0) is 8.97. The highest BCUT2D eigenvalue weighted by Gasteiger charge is 2.21. The van der Waals surface area contributed by atoms with Crippen LogP contribution in [0, 0.1) is 5.92 Å². The van der Waals surface area contributed by atoms with Crippen molar-refractivity contribution in [2.24, 2.45) is 5.92 Å². The van der Waals surface area contributed by atoms with Gasteiger partial charge in [0.25, 0.3) is 0 Å². The van der Waals surface area contributed by atoms with E-state index in [4.69, 9.17) is 5.11 Å². The number of amides is 1. The van der Waals surface area contributed by atoms with Gasteiger partial charge in [0.05, 0.1) is 6.61 Å². The van der Waals surface area contributed by atoms with Gasteiger partial charge >= 0.3 is 0 Å². The van der Waals surface area contributed by atoms with Crippen molar-refractivity contribution in [1.29, 1.82) is 0 Å². The van der Waals surface area contributed by atoms with Gasteiger partial charge < -0.3 is 15.3 Å². The molecular weight excluding hydrogens is 156 g/mol. The lowest BCUT2D eigenvalue weighted by atomic mass is 9.99. The molecule has 0 unspecified atom stereocenters. The van der Waals surface area contributed by atoms with Crippen LogP contribution in [0.3, 0.4) is 0 Å². The smallest absolute Gasteiger partial charge is 0.222 e. The zero-order valence-corrected chi connectivity index (χ0v) is 7.42. The topological polar surface area (TPSA) is 52.6 Å². The summed E-state index contributed by atoms with van der Waals surface area (Å²) in [5.41, 5.74) is 0. The molecule has 0 aromatic rings. The van der Waals surface area contributed by atoms with Gasteiger partial charge in [0, 0.05) is 20.0 Å². The Morgan fingerprint density at radius 3 is 2.75 bits per heavy atom. The average Bonchev–Trinajstić information content (AvgIpc) is 1.97. The largest absolute Gasteiger partial charge is 0.395 e. The first-order chi connectivity index (χ1) is 5.74. The zero-order valence-electron chi connectivity index (χ0n) is 7.42. The van der Waals surface area contributed by atoms with Gasteiger partial charge in [-0.15, -0.1) is 0 Å². The summed E-state index contributed by atoms with van der Waals surface area (Å²) in [6.07, 6.45) is 0.615. The summed E-state index contributed by atoms with van der Waals surface area (Å²) in [7, 11) is 1.73. The molecule has 0 saturated carbocycles. The second-order valence-corrected chi connectivity index (χ2v) is 3.27. The molecule has 0 radical (unpaired) electrons. The van der Waals surface area contributed by atoms with Crippen LogP contribution in [0.2, 0.25) is 0 Å². The standard InChI is InChI=1S/C8H16N2O2/c1-10(2-3-11)8(12)4-7-5-9-6-7/h7,9,11H,2-6H2,1H3. The van der Waals surface area contributed by atoms with E-state index in [1.165, 1.54) is 0 Å². The molecule has 0 atom stereocenters. The Hall–Kier alpha value is -0.610. The van der Waals surface area contributed by atoms with Crippen molar-refractivity contribution in [3.8, 4) is 0 Å². The summed E-state index contributed by atoms with van der Waals surface area (Å²) in [5.74, 6) is 0.647. The third kappa shape index (κ3) is 2.46. The van der Waals surface area contributed by atoms with Crippen LogP contribution < -0.4 is 5.32 Å². The van der Waals surface area contributed by atoms with E-state index in [0.29, 0.717) is 18.9 Å². The second-order valence-electron chi connectivity index (χ2n) is 3.27. The number of nitrogens with zero attached hydrogens (tertiary/aromatic N) is 1. The Morgan fingerprint density at radius 2 is 2.33 bits per heavy atom. The van der Waals surface area contributed by atoms with Crippen molar-refractivity contribution in [2.75, 3.05) is 33.3 Å². The highest BCUT2D eigenvalue weighted by atomic mass is 16.3. The molecule has 70 valence electrons. The van der Waals surface area contributed by atoms with E-state index in [1.807, 2.05) is 0 Å². The van der Waals surface area contributed by atoms with Gasteiger partial charge in [-0.2, -0.15) is 0 Å². The summed E-state index contributed by atoms with van der Waals surface area (Å²) in [6, 6.07) is 0. The quantitative estimate of drug-likeness (QED) is 0.574. The Bertz CT molecular complexity index is 157. The second kappa shape index (κ2) is 4.42. The van der Waals surface area contributed by atoms with E-state index in [0.717, 1.165) is 13.1 Å². The molecule has 0 spiro atoms. The summed E-state index contributed by atoms with van der Waals surface area (Å²) >= 11 is 0. The van der Waals surface area contributed by atoms with Crippen molar-refractivity contribution in [3.05, 3.63) is 0 Å². The van der Waals surface area contributed by atoms with Crippen molar-refractivity contribution in [3.63, 3.8) is 0 Å². The Kier molecular flexibility index (Phi) is 3.49. The highest BCUT2D eigenvalue weighted by Crippen LogP contribution is 2.09. The molecule has 0 aliphatic carbocycles. The maximum Gasteiger partial charge on any atom is 0.222 e. The summed E-state index contributed by atoms with van der Waals surface area (Å²) in [5, 5.41) is 11.7. The predicted molar refractivity (Wildman–Crippen MR) is 45.7 cm³/mol. The van der Waals surface area contributed by atoms with Crippen LogP contribution in [0.15, 0.2) is 0 Å². The Labute approximate surface area is 72.6 Å². The predicted octanol–water partition coefficient (Wildman–Crippen LogP) is -0.953. The van der Waals surface area contributed by atoms with E-state index < -0.39 is 0 Å². The fourth-order valence-corrected chi connectivity index (χ4v) is 1.17. The number of likely N-dealkylation sites (N-methyl/N-ethyl adjacent to an activating group) is 1. The van der Waals surface area contributed by atoms with E-state index in [2.05, 4.69) is 5.32 Å². The van der Waals surface area contributed by atoms with E-state index in [-0.39, 0.29) is 12.5 Å². The van der Waals surface area contributed by atoms with Crippen LogP contribution in [0.4, 0.5) is 0 Å². The van der Waals surface area contributed by atoms with Gasteiger partial charge in [-0.3, -0.25) is 4.79 Å². The SMILES string of the molecule is CN(CCO)C(=O)CC1CNC1. The number of rotatable bonds is 4.